The summed E-state index contributed by atoms with van der Waals surface area (Å²) in [6.07, 6.45) is 0. The molecule has 1 aliphatic rings. The molecule has 6 heteroatoms. The minimum Gasteiger partial charge on any atom is -0.621 e. The summed E-state index contributed by atoms with van der Waals surface area (Å²) in [6, 6.07) is -0.976. The standard InChI is InChI=1S/C5H9NO4S/c1-3-10-2-4(5(7)8)6(9)11-3/h3-4,6H,2H2,1H3,(H,7,8). The van der Waals surface area contributed by atoms with E-state index in [0.717, 1.165) is 11.9 Å². The largest absolute Gasteiger partial charge is 0.621 e. The van der Waals surface area contributed by atoms with Gasteiger partial charge in [-0.2, -0.15) is 0 Å². The van der Waals surface area contributed by atoms with E-state index in [9.17, 15) is 10.0 Å². The zero-order valence-corrected chi connectivity index (χ0v) is 6.76. The fourth-order valence-electron chi connectivity index (χ4n) is 0.752. The van der Waals surface area contributed by atoms with Crippen LogP contribution in [0.3, 0.4) is 0 Å². The van der Waals surface area contributed by atoms with Gasteiger partial charge in [0.15, 0.2) is 5.44 Å². The first-order valence-corrected chi connectivity index (χ1v) is 4.04. The van der Waals surface area contributed by atoms with Crippen LogP contribution in [0, 0.1) is 5.21 Å². The molecule has 1 aliphatic heterocycles. The molecule has 1 saturated heterocycles. The molecule has 0 aromatic carbocycles. The van der Waals surface area contributed by atoms with Crippen molar-refractivity contribution in [2.45, 2.75) is 18.4 Å². The van der Waals surface area contributed by atoms with Crippen molar-refractivity contribution in [1.82, 2.24) is 0 Å². The van der Waals surface area contributed by atoms with Crippen LogP contribution in [0.4, 0.5) is 0 Å². The van der Waals surface area contributed by atoms with E-state index in [2.05, 4.69) is 0 Å². The minimum atomic E-state index is -1.10. The molecule has 0 radical (unpaired) electrons. The molecule has 0 spiro atoms. The Morgan fingerprint density at radius 2 is 2.55 bits per heavy atom. The highest BCUT2D eigenvalue weighted by Crippen LogP contribution is 2.09. The molecule has 1 fully saturated rings. The van der Waals surface area contributed by atoms with Gasteiger partial charge in [-0.3, -0.25) is 4.47 Å². The summed E-state index contributed by atoms with van der Waals surface area (Å²) >= 11 is 0.936. The van der Waals surface area contributed by atoms with E-state index in [1.165, 1.54) is 0 Å². The summed E-state index contributed by atoms with van der Waals surface area (Å²) in [5.41, 5.74) is -0.210. The van der Waals surface area contributed by atoms with Crippen LogP contribution < -0.4 is 4.47 Å². The molecule has 0 aliphatic carbocycles. The maximum absolute atomic E-state index is 10.9. The average Bonchev–Trinajstić information content (AvgIpc) is 1.85. The third-order valence-corrected chi connectivity index (χ3v) is 2.35. The molecule has 1 rings (SSSR count). The van der Waals surface area contributed by atoms with Gasteiger partial charge in [-0.15, -0.1) is 0 Å². The number of rotatable bonds is 1. The van der Waals surface area contributed by atoms with Crippen molar-refractivity contribution in [3.05, 3.63) is 5.21 Å². The zero-order valence-electron chi connectivity index (χ0n) is 5.94. The fraction of sp³-hybridized carbons (Fsp3) is 0.800. The highest BCUT2D eigenvalue weighted by molar-refractivity contribution is 7.93. The van der Waals surface area contributed by atoms with E-state index < -0.39 is 12.0 Å². The second kappa shape index (κ2) is 3.40. The van der Waals surface area contributed by atoms with Crippen LogP contribution in [0.25, 0.3) is 0 Å². The van der Waals surface area contributed by atoms with E-state index in [1.54, 1.807) is 6.92 Å². The number of nitrogens with one attached hydrogen (secondary N) is 1. The molecule has 0 aromatic rings. The average molecular weight is 179 g/mol. The van der Waals surface area contributed by atoms with Crippen molar-refractivity contribution in [2.75, 3.05) is 6.61 Å². The lowest BCUT2D eigenvalue weighted by Gasteiger charge is -2.32. The normalized spacial score (nSPS) is 38.5. The van der Waals surface area contributed by atoms with E-state index in [4.69, 9.17) is 9.84 Å². The number of quaternary nitrogens is 1. The Labute approximate surface area is 68.0 Å². The Balaban J connectivity index is 2.50. The summed E-state index contributed by atoms with van der Waals surface area (Å²) in [4.78, 5) is 10.4. The summed E-state index contributed by atoms with van der Waals surface area (Å²) < 4.78 is 4.67. The summed E-state index contributed by atoms with van der Waals surface area (Å²) in [5.74, 6) is -1.10. The molecular weight excluding hydrogens is 170 g/mol. The summed E-state index contributed by atoms with van der Waals surface area (Å²) in [5, 5.41) is 19.4. The van der Waals surface area contributed by atoms with Crippen LogP contribution in [-0.4, -0.2) is 29.2 Å². The molecule has 0 saturated carbocycles. The maximum atomic E-state index is 10.9. The van der Waals surface area contributed by atoms with Crippen molar-refractivity contribution in [2.24, 2.45) is 0 Å². The monoisotopic (exact) mass is 179 g/mol. The Bertz CT molecular complexity index is 165. The van der Waals surface area contributed by atoms with Crippen molar-refractivity contribution in [3.63, 3.8) is 0 Å². The molecule has 3 unspecified atom stereocenters. The first-order chi connectivity index (χ1) is 5.11. The van der Waals surface area contributed by atoms with Gasteiger partial charge in [-0.1, -0.05) is 0 Å². The van der Waals surface area contributed by atoms with Gasteiger partial charge in [0, 0.05) is 0 Å². The lowest BCUT2D eigenvalue weighted by molar-refractivity contribution is -0.725. The molecule has 11 heavy (non-hydrogen) atoms. The second-order valence-electron chi connectivity index (χ2n) is 2.23. The number of carboxylic acid groups (broad SMARTS) is 1. The number of aliphatic carboxylic acids is 1. The Morgan fingerprint density at radius 3 is 3.00 bits per heavy atom. The Hall–Kier alpha value is -0.300. The van der Waals surface area contributed by atoms with E-state index >= 15 is 0 Å². The van der Waals surface area contributed by atoms with Gasteiger partial charge in [0.05, 0.1) is 0 Å². The smallest absolute Gasteiger partial charge is 0.366 e. The molecule has 64 valence electrons. The van der Waals surface area contributed by atoms with Crippen molar-refractivity contribution in [1.29, 1.82) is 0 Å². The first kappa shape index (κ1) is 8.79. The molecule has 0 aromatic heterocycles. The highest BCUT2D eigenvalue weighted by Gasteiger charge is 2.32. The van der Waals surface area contributed by atoms with Gasteiger partial charge in [-0.05, 0) is 6.92 Å². The van der Waals surface area contributed by atoms with E-state index in [1.807, 2.05) is 0 Å². The van der Waals surface area contributed by atoms with Crippen LogP contribution in [0.1, 0.15) is 6.92 Å². The molecule has 0 amide bonds. The number of hydrogen-bond acceptors (Lipinski definition) is 4. The van der Waals surface area contributed by atoms with Gasteiger partial charge in [0.1, 0.15) is 18.6 Å². The third-order valence-electron chi connectivity index (χ3n) is 1.36. The van der Waals surface area contributed by atoms with E-state index in [-0.39, 0.29) is 16.5 Å². The van der Waals surface area contributed by atoms with Crippen molar-refractivity contribution in [3.8, 4) is 0 Å². The first-order valence-electron chi connectivity index (χ1n) is 3.16. The van der Waals surface area contributed by atoms with Crippen LogP contribution in [-0.2, 0) is 9.53 Å². The van der Waals surface area contributed by atoms with Crippen LogP contribution in [0.2, 0.25) is 0 Å². The number of carbonyl (C=O) groups is 1. The van der Waals surface area contributed by atoms with Crippen molar-refractivity contribution < 1.29 is 19.1 Å². The van der Waals surface area contributed by atoms with Crippen LogP contribution >= 0.6 is 11.9 Å². The predicted molar refractivity (Wildman–Crippen MR) is 38.8 cm³/mol. The van der Waals surface area contributed by atoms with Gasteiger partial charge in [0.25, 0.3) is 0 Å². The highest BCUT2D eigenvalue weighted by atomic mass is 32.2. The quantitative estimate of drug-likeness (QED) is 0.392. The van der Waals surface area contributed by atoms with Crippen LogP contribution in [0.5, 0.6) is 0 Å². The molecule has 3 atom stereocenters. The zero-order chi connectivity index (χ0) is 8.43. The predicted octanol–water partition coefficient (Wildman–Crippen LogP) is -1.15. The minimum absolute atomic E-state index is 0.00231. The van der Waals surface area contributed by atoms with Crippen LogP contribution in [0.15, 0.2) is 0 Å². The molecule has 5 nitrogen and oxygen atoms in total. The van der Waals surface area contributed by atoms with Gasteiger partial charge in [0.2, 0.25) is 6.04 Å². The number of ether oxygens (including phenoxy) is 1. The summed E-state index contributed by atoms with van der Waals surface area (Å²) in [7, 11) is 0. The van der Waals surface area contributed by atoms with Crippen molar-refractivity contribution >= 4 is 17.9 Å². The number of carboxylic acids is 1. The third kappa shape index (κ3) is 2.06. The number of hydrogen-bond donors (Lipinski definition) is 2. The van der Waals surface area contributed by atoms with E-state index in [0.29, 0.717) is 0 Å². The second-order valence-corrected chi connectivity index (χ2v) is 3.53. The maximum Gasteiger partial charge on any atom is 0.366 e. The molecule has 1 heterocycles. The summed E-state index contributed by atoms with van der Waals surface area (Å²) in [6.45, 7) is 1.73. The van der Waals surface area contributed by atoms with Gasteiger partial charge >= 0.3 is 5.97 Å². The fourth-order valence-corrected chi connectivity index (χ4v) is 1.56. The SMILES string of the molecule is CC1OCC(C(=O)O)[NH+]([O-])S1. The lowest BCUT2D eigenvalue weighted by Crippen LogP contribution is -3.08. The van der Waals surface area contributed by atoms with Gasteiger partial charge in [-0.25, -0.2) is 4.79 Å². The molecular formula is C5H9NO4S. The number of hydroxylamine groups is 1. The molecule has 0 bridgehead atoms. The molecule has 2 N–H and O–H groups in total. The van der Waals surface area contributed by atoms with Gasteiger partial charge < -0.3 is 15.1 Å². The Kier molecular flexibility index (Phi) is 2.72. The Morgan fingerprint density at radius 1 is 1.91 bits per heavy atom. The topological polar surface area (TPSA) is 74.0 Å². The lowest BCUT2D eigenvalue weighted by atomic mass is 10.3.